The number of nitrogens with two attached hydrogens (primary N) is 1. The second-order valence-corrected chi connectivity index (χ2v) is 5.49. The molecule has 0 aromatic carbocycles. The number of furan rings is 1. The summed E-state index contributed by atoms with van der Waals surface area (Å²) in [6.45, 7) is 8.58. The van der Waals surface area contributed by atoms with E-state index < -0.39 is 0 Å². The molecular weight excluding hydrogens is 200 g/mol. The van der Waals surface area contributed by atoms with Crippen LogP contribution in [0.5, 0.6) is 0 Å². The minimum absolute atomic E-state index is 0.383. The van der Waals surface area contributed by atoms with Crippen LogP contribution in [0.15, 0.2) is 22.8 Å². The van der Waals surface area contributed by atoms with Crippen molar-refractivity contribution in [2.45, 2.75) is 26.8 Å². The van der Waals surface area contributed by atoms with Gasteiger partial charge in [-0.1, -0.05) is 13.8 Å². The molecule has 1 unspecified atom stereocenters. The highest BCUT2D eigenvalue weighted by Gasteiger charge is 2.34. The van der Waals surface area contributed by atoms with E-state index in [9.17, 15) is 0 Å². The molecule has 16 heavy (non-hydrogen) atoms. The monoisotopic (exact) mass is 222 g/mol. The third kappa shape index (κ3) is 2.47. The van der Waals surface area contributed by atoms with Crippen LogP contribution in [0.25, 0.3) is 0 Å². The van der Waals surface area contributed by atoms with Crippen LogP contribution in [-0.2, 0) is 6.54 Å². The Labute approximate surface area is 97.6 Å². The van der Waals surface area contributed by atoms with E-state index in [1.165, 1.54) is 6.42 Å². The number of likely N-dealkylation sites (tertiary alicyclic amines) is 1. The first-order chi connectivity index (χ1) is 7.62. The van der Waals surface area contributed by atoms with Crippen LogP contribution < -0.4 is 5.73 Å². The quantitative estimate of drug-likeness (QED) is 0.851. The van der Waals surface area contributed by atoms with Crippen LogP contribution in [0.3, 0.4) is 0 Å². The van der Waals surface area contributed by atoms with Crippen molar-refractivity contribution in [3.05, 3.63) is 24.2 Å². The standard InChI is InChI=1S/C13H22N2O/c1-13(2)5-6-15(9-11(13)8-14)10-12-4-3-7-16-12/h3-4,7,11H,5-6,8-10,14H2,1-2H3. The van der Waals surface area contributed by atoms with Gasteiger partial charge in [0, 0.05) is 6.54 Å². The highest BCUT2D eigenvalue weighted by atomic mass is 16.3. The Balaban J connectivity index is 1.94. The molecule has 1 aliphatic heterocycles. The van der Waals surface area contributed by atoms with Gasteiger partial charge in [-0.15, -0.1) is 0 Å². The van der Waals surface area contributed by atoms with Crippen LogP contribution >= 0.6 is 0 Å². The lowest BCUT2D eigenvalue weighted by Gasteiger charge is -2.43. The molecule has 1 atom stereocenters. The molecule has 3 nitrogen and oxygen atoms in total. The first-order valence-electron chi connectivity index (χ1n) is 6.06. The molecule has 0 radical (unpaired) electrons. The van der Waals surface area contributed by atoms with Gasteiger partial charge in [0.2, 0.25) is 0 Å². The predicted octanol–water partition coefficient (Wildman–Crippen LogP) is 2.09. The summed E-state index contributed by atoms with van der Waals surface area (Å²) in [7, 11) is 0. The van der Waals surface area contributed by atoms with Crippen molar-refractivity contribution in [1.82, 2.24) is 4.90 Å². The third-order valence-electron chi connectivity index (χ3n) is 3.90. The van der Waals surface area contributed by atoms with Gasteiger partial charge in [0.1, 0.15) is 5.76 Å². The minimum Gasteiger partial charge on any atom is -0.468 e. The van der Waals surface area contributed by atoms with Gasteiger partial charge in [0.05, 0.1) is 12.8 Å². The van der Waals surface area contributed by atoms with Crippen molar-refractivity contribution in [2.24, 2.45) is 17.1 Å². The topological polar surface area (TPSA) is 42.4 Å². The van der Waals surface area contributed by atoms with Crippen LogP contribution in [0.2, 0.25) is 0 Å². The van der Waals surface area contributed by atoms with E-state index in [0.717, 1.165) is 31.9 Å². The Morgan fingerprint density at radius 2 is 2.38 bits per heavy atom. The zero-order valence-electron chi connectivity index (χ0n) is 10.3. The van der Waals surface area contributed by atoms with Gasteiger partial charge in [0.15, 0.2) is 0 Å². The maximum atomic E-state index is 5.86. The van der Waals surface area contributed by atoms with E-state index in [1.54, 1.807) is 6.26 Å². The Bertz CT molecular complexity index is 319. The maximum Gasteiger partial charge on any atom is 0.117 e. The lowest BCUT2D eigenvalue weighted by molar-refractivity contribution is 0.0566. The molecule has 90 valence electrons. The van der Waals surface area contributed by atoms with Gasteiger partial charge >= 0.3 is 0 Å². The molecule has 2 heterocycles. The lowest BCUT2D eigenvalue weighted by Crippen LogP contribution is -2.47. The minimum atomic E-state index is 0.383. The summed E-state index contributed by atoms with van der Waals surface area (Å²) in [5.41, 5.74) is 6.25. The molecule has 1 aromatic rings. The highest BCUT2D eigenvalue weighted by Crippen LogP contribution is 2.35. The molecule has 1 aromatic heterocycles. The Morgan fingerprint density at radius 1 is 1.56 bits per heavy atom. The zero-order valence-corrected chi connectivity index (χ0v) is 10.3. The fraction of sp³-hybridized carbons (Fsp3) is 0.692. The summed E-state index contributed by atoms with van der Waals surface area (Å²) < 4.78 is 5.38. The molecule has 0 spiro atoms. The molecule has 0 bridgehead atoms. The third-order valence-corrected chi connectivity index (χ3v) is 3.90. The fourth-order valence-corrected chi connectivity index (χ4v) is 2.46. The molecule has 2 rings (SSSR count). The van der Waals surface area contributed by atoms with Crippen LogP contribution in [0.4, 0.5) is 0 Å². The van der Waals surface area contributed by atoms with E-state index in [1.807, 2.05) is 12.1 Å². The number of hydrogen-bond acceptors (Lipinski definition) is 3. The summed E-state index contributed by atoms with van der Waals surface area (Å²) in [4.78, 5) is 2.45. The average molecular weight is 222 g/mol. The Hall–Kier alpha value is -0.800. The van der Waals surface area contributed by atoms with Crippen LogP contribution in [0, 0.1) is 11.3 Å². The molecule has 1 aliphatic rings. The van der Waals surface area contributed by atoms with Crippen LogP contribution in [0.1, 0.15) is 26.0 Å². The van der Waals surface area contributed by atoms with E-state index in [0.29, 0.717) is 11.3 Å². The van der Waals surface area contributed by atoms with Gasteiger partial charge in [-0.3, -0.25) is 4.90 Å². The molecule has 0 saturated carbocycles. The molecule has 2 N–H and O–H groups in total. The second-order valence-electron chi connectivity index (χ2n) is 5.49. The highest BCUT2D eigenvalue weighted by molar-refractivity contribution is 4.99. The first-order valence-corrected chi connectivity index (χ1v) is 6.06. The fourth-order valence-electron chi connectivity index (χ4n) is 2.46. The Morgan fingerprint density at radius 3 is 3.00 bits per heavy atom. The molecule has 0 amide bonds. The van der Waals surface area contributed by atoms with Gasteiger partial charge < -0.3 is 10.2 Å². The molecule has 3 heteroatoms. The molecular formula is C13H22N2O. The molecule has 1 fully saturated rings. The largest absolute Gasteiger partial charge is 0.468 e. The Kier molecular flexibility index (Phi) is 3.36. The number of nitrogens with zero attached hydrogens (tertiary/aromatic N) is 1. The van der Waals surface area contributed by atoms with E-state index in [4.69, 9.17) is 10.2 Å². The number of hydrogen-bond donors (Lipinski definition) is 1. The molecule has 0 aliphatic carbocycles. The summed E-state index contributed by atoms with van der Waals surface area (Å²) >= 11 is 0. The average Bonchev–Trinajstić information content (AvgIpc) is 2.73. The SMILES string of the molecule is CC1(C)CCN(Cc2ccco2)CC1CN. The number of rotatable bonds is 3. The summed E-state index contributed by atoms with van der Waals surface area (Å²) in [5.74, 6) is 1.65. The van der Waals surface area contributed by atoms with Crippen molar-refractivity contribution in [1.29, 1.82) is 0 Å². The van der Waals surface area contributed by atoms with Gasteiger partial charge in [0.25, 0.3) is 0 Å². The van der Waals surface area contributed by atoms with E-state index in [2.05, 4.69) is 18.7 Å². The van der Waals surface area contributed by atoms with Crippen molar-refractivity contribution in [2.75, 3.05) is 19.6 Å². The molecule has 1 saturated heterocycles. The maximum absolute atomic E-state index is 5.86. The van der Waals surface area contributed by atoms with Crippen LogP contribution in [-0.4, -0.2) is 24.5 Å². The van der Waals surface area contributed by atoms with E-state index >= 15 is 0 Å². The summed E-state index contributed by atoms with van der Waals surface area (Å²) in [6.07, 6.45) is 2.96. The summed E-state index contributed by atoms with van der Waals surface area (Å²) in [5, 5.41) is 0. The summed E-state index contributed by atoms with van der Waals surface area (Å²) in [6, 6.07) is 3.99. The number of piperidine rings is 1. The smallest absolute Gasteiger partial charge is 0.117 e. The van der Waals surface area contributed by atoms with Gasteiger partial charge in [-0.25, -0.2) is 0 Å². The second kappa shape index (κ2) is 4.60. The van der Waals surface area contributed by atoms with E-state index in [-0.39, 0.29) is 0 Å². The van der Waals surface area contributed by atoms with Gasteiger partial charge in [-0.05, 0) is 43.0 Å². The lowest BCUT2D eigenvalue weighted by atomic mass is 9.73. The van der Waals surface area contributed by atoms with Crippen molar-refractivity contribution in [3.63, 3.8) is 0 Å². The first kappa shape index (κ1) is 11.7. The normalized spacial score (nSPS) is 25.8. The van der Waals surface area contributed by atoms with Gasteiger partial charge in [-0.2, -0.15) is 0 Å². The predicted molar refractivity (Wildman–Crippen MR) is 64.9 cm³/mol. The zero-order chi connectivity index (χ0) is 11.6. The van der Waals surface area contributed by atoms with Crippen molar-refractivity contribution in [3.8, 4) is 0 Å². The van der Waals surface area contributed by atoms with Crippen molar-refractivity contribution >= 4 is 0 Å². The van der Waals surface area contributed by atoms with Crippen molar-refractivity contribution < 1.29 is 4.42 Å².